The Morgan fingerprint density at radius 2 is 2.04 bits per heavy atom. The topological polar surface area (TPSA) is 85.1 Å². The molecular weight excluding hydrogens is 382 g/mol. The van der Waals surface area contributed by atoms with Crippen molar-refractivity contribution in [3.63, 3.8) is 0 Å². The lowest BCUT2D eigenvalue weighted by Crippen LogP contribution is -2.14. The van der Waals surface area contributed by atoms with Gasteiger partial charge in [-0.1, -0.05) is 31.2 Å². The van der Waals surface area contributed by atoms with E-state index >= 15 is 0 Å². The maximum Gasteiger partial charge on any atom is 0.270 e. The van der Waals surface area contributed by atoms with Gasteiger partial charge in [-0.25, -0.2) is 4.98 Å². The summed E-state index contributed by atoms with van der Waals surface area (Å²) in [5, 5.41) is 15.9. The molecule has 0 spiro atoms. The van der Waals surface area contributed by atoms with Gasteiger partial charge >= 0.3 is 0 Å². The highest BCUT2D eigenvalue weighted by Crippen LogP contribution is 2.27. The predicted octanol–water partition coefficient (Wildman–Crippen LogP) is 5.01. The fourth-order valence-corrected chi connectivity index (χ4v) is 3.86. The fourth-order valence-electron chi connectivity index (χ4n) is 2.46. The van der Waals surface area contributed by atoms with E-state index in [0.717, 1.165) is 11.3 Å². The number of nitro benzene ring substituents is 1. The van der Waals surface area contributed by atoms with Crippen molar-refractivity contribution < 1.29 is 9.72 Å². The Morgan fingerprint density at radius 1 is 1.26 bits per heavy atom. The van der Waals surface area contributed by atoms with E-state index in [2.05, 4.69) is 17.2 Å². The van der Waals surface area contributed by atoms with Gasteiger partial charge in [-0.05, 0) is 23.4 Å². The van der Waals surface area contributed by atoms with Crippen LogP contribution in [-0.2, 0) is 11.2 Å². The van der Waals surface area contributed by atoms with Crippen LogP contribution in [0.3, 0.4) is 0 Å². The molecule has 0 bridgehead atoms. The second-order valence-electron chi connectivity index (χ2n) is 5.65. The van der Waals surface area contributed by atoms with Crippen LogP contribution in [0.2, 0.25) is 0 Å². The summed E-state index contributed by atoms with van der Waals surface area (Å²) in [6.45, 7) is 2.10. The smallest absolute Gasteiger partial charge is 0.270 e. The van der Waals surface area contributed by atoms with Crippen LogP contribution in [0.5, 0.6) is 0 Å². The van der Waals surface area contributed by atoms with Crippen molar-refractivity contribution in [3.05, 3.63) is 69.6 Å². The third-order valence-electron chi connectivity index (χ3n) is 3.70. The Balaban J connectivity index is 1.64. The normalized spacial score (nSPS) is 10.6. The molecule has 8 heteroatoms. The summed E-state index contributed by atoms with van der Waals surface area (Å²) in [4.78, 5) is 28.2. The molecule has 2 aromatic carbocycles. The molecule has 1 amide bonds. The first-order valence-corrected chi connectivity index (χ1v) is 10.1. The third-order valence-corrected chi connectivity index (χ3v) is 5.35. The number of thioether (sulfide) groups is 1. The van der Waals surface area contributed by atoms with E-state index in [1.165, 1.54) is 28.4 Å². The number of nitrogens with zero attached hydrogens (tertiary/aromatic N) is 2. The van der Waals surface area contributed by atoms with Crippen molar-refractivity contribution in [2.24, 2.45) is 0 Å². The number of hydrogen-bond acceptors (Lipinski definition) is 6. The molecule has 138 valence electrons. The molecule has 0 aliphatic rings. The second-order valence-corrected chi connectivity index (χ2v) is 7.84. The van der Waals surface area contributed by atoms with E-state index in [-0.39, 0.29) is 18.0 Å². The molecule has 0 atom stereocenters. The van der Waals surface area contributed by atoms with Crippen molar-refractivity contribution >= 4 is 39.8 Å². The van der Waals surface area contributed by atoms with Gasteiger partial charge in [-0.2, -0.15) is 0 Å². The number of carbonyl (C=O) groups is 1. The fraction of sp³-hybridized carbons (Fsp3) is 0.158. The molecule has 27 heavy (non-hydrogen) atoms. The number of anilines is 1. The zero-order valence-corrected chi connectivity index (χ0v) is 16.2. The first-order chi connectivity index (χ1) is 13.0. The van der Waals surface area contributed by atoms with E-state index < -0.39 is 4.92 Å². The van der Waals surface area contributed by atoms with E-state index in [9.17, 15) is 14.9 Å². The number of nitrogens with one attached hydrogen (secondary N) is 1. The lowest BCUT2D eigenvalue weighted by Gasteiger charge is -2.04. The molecular formula is C19H17N3O3S2. The monoisotopic (exact) mass is 399 g/mol. The first kappa shape index (κ1) is 19.1. The maximum atomic E-state index is 12.2. The summed E-state index contributed by atoms with van der Waals surface area (Å²) in [7, 11) is 0. The number of amides is 1. The molecule has 0 saturated heterocycles. The molecule has 3 aromatic rings. The quantitative estimate of drug-likeness (QED) is 0.343. The van der Waals surface area contributed by atoms with Crippen LogP contribution in [0.15, 0.2) is 58.8 Å². The van der Waals surface area contributed by atoms with Crippen molar-refractivity contribution in [1.82, 2.24) is 4.98 Å². The van der Waals surface area contributed by atoms with Gasteiger partial charge in [0, 0.05) is 28.0 Å². The Labute approximate surface area is 164 Å². The Kier molecular flexibility index (Phi) is 6.20. The Hall–Kier alpha value is -2.71. The van der Waals surface area contributed by atoms with Gasteiger partial charge in [0.05, 0.1) is 17.0 Å². The van der Waals surface area contributed by atoms with Crippen molar-refractivity contribution in [2.75, 3.05) is 11.1 Å². The van der Waals surface area contributed by atoms with Gasteiger partial charge in [0.1, 0.15) is 0 Å². The van der Waals surface area contributed by atoms with Gasteiger partial charge in [0.15, 0.2) is 5.13 Å². The van der Waals surface area contributed by atoms with Crippen LogP contribution in [0.4, 0.5) is 10.8 Å². The molecule has 6 nitrogen and oxygen atoms in total. The predicted molar refractivity (Wildman–Crippen MR) is 109 cm³/mol. The molecule has 0 aliphatic heterocycles. The lowest BCUT2D eigenvalue weighted by molar-refractivity contribution is -0.384. The Bertz CT molecular complexity index is 955. The number of benzene rings is 2. The van der Waals surface area contributed by atoms with Crippen molar-refractivity contribution in [1.29, 1.82) is 0 Å². The molecule has 0 saturated carbocycles. The van der Waals surface area contributed by atoms with E-state index in [0.29, 0.717) is 16.4 Å². The van der Waals surface area contributed by atoms with Crippen LogP contribution < -0.4 is 5.32 Å². The van der Waals surface area contributed by atoms with Gasteiger partial charge in [-0.3, -0.25) is 14.9 Å². The van der Waals surface area contributed by atoms with Crippen LogP contribution >= 0.6 is 23.1 Å². The molecule has 1 aromatic heterocycles. The van der Waals surface area contributed by atoms with Crippen molar-refractivity contribution in [3.8, 4) is 11.3 Å². The summed E-state index contributed by atoms with van der Waals surface area (Å²) in [5.74, 6) is 0.863. The molecule has 1 N–H and O–H groups in total. The number of carbonyl (C=O) groups excluding carboxylic acids is 1. The average molecular weight is 399 g/mol. The zero-order valence-electron chi connectivity index (χ0n) is 14.5. The number of hydrogen-bond donors (Lipinski definition) is 1. The highest BCUT2D eigenvalue weighted by molar-refractivity contribution is 7.99. The van der Waals surface area contributed by atoms with Crippen LogP contribution in [0.25, 0.3) is 11.3 Å². The number of nitro groups is 1. The van der Waals surface area contributed by atoms with E-state index in [4.69, 9.17) is 0 Å². The number of aromatic nitrogens is 1. The highest BCUT2D eigenvalue weighted by atomic mass is 32.2. The van der Waals surface area contributed by atoms with Crippen molar-refractivity contribution in [2.45, 2.75) is 18.2 Å². The average Bonchev–Trinajstić information content (AvgIpc) is 3.12. The minimum Gasteiger partial charge on any atom is -0.302 e. The molecule has 0 fully saturated rings. The number of non-ortho nitro benzene ring substituents is 1. The third kappa shape index (κ3) is 5.15. The summed E-state index contributed by atoms with van der Waals surface area (Å²) in [5.41, 5.74) is 2.18. The second kappa shape index (κ2) is 8.79. The summed E-state index contributed by atoms with van der Waals surface area (Å²) in [6, 6.07) is 14.2. The molecule has 1 heterocycles. The van der Waals surface area contributed by atoms with Gasteiger partial charge in [0.2, 0.25) is 5.91 Å². The molecule has 0 radical (unpaired) electrons. The maximum absolute atomic E-state index is 12.2. The summed E-state index contributed by atoms with van der Waals surface area (Å²) in [6.07, 6.45) is 0.267. The summed E-state index contributed by atoms with van der Waals surface area (Å²) < 4.78 is 0. The minimum atomic E-state index is -0.442. The largest absolute Gasteiger partial charge is 0.302 e. The highest BCUT2D eigenvalue weighted by Gasteiger charge is 2.12. The van der Waals surface area contributed by atoms with Crippen LogP contribution in [0, 0.1) is 10.1 Å². The van der Waals surface area contributed by atoms with E-state index in [1.54, 1.807) is 29.3 Å². The summed E-state index contributed by atoms with van der Waals surface area (Å²) >= 11 is 3.05. The molecule has 0 unspecified atom stereocenters. The van der Waals surface area contributed by atoms with E-state index in [1.807, 2.05) is 24.3 Å². The number of rotatable bonds is 7. The zero-order chi connectivity index (χ0) is 19.2. The van der Waals surface area contributed by atoms with Crippen LogP contribution in [0.1, 0.15) is 12.5 Å². The standard InChI is InChI=1S/C19H17N3O3S2/c1-2-26-16-8-6-13(7-9-16)10-18(23)21-19-20-17(12-27-19)14-4-3-5-15(11-14)22(24)25/h3-9,11-12H,2,10H2,1H3,(H,20,21,23). The number of thiazole rings is 1. The van der Waals surface area contributed by atoms with Gasteiger partial charge in [-0.15, -0.1) is 23.1 Å². The lowest BCUT2D eigenvalue weighted by atomic mass is 10.1. The Morgan fingerprint density at radius 3 is 2.74 bits per heavy atom. The van der Waals surface area contributed by atoms with Gasteiger partial charge < -0.3 is 5.32 Å². The minimum absolute atomic E-state index is 0.00997. The van der Waals surface area contributed by atoms with Crippen LogP contribution in [-0.4, -0.2) is 21.6 Å². The molecule has 0 aliphatic carbocycles. The first-order valence-electron chi connectivity index (χ1n) is 8.27. The molecule has 3 rings (SSSR count). The SMILES string of the molecule is CCSc1ccc(CC(=O)Nc2nc(-c3cccc([N+](=O)[O-])c3)cs2)cc1. The van der Waals surface area contributed by atoms with Gasteiger partial charge in [0.25, 0.3) is 5.69 Å².